The summed E-state index contributed by atoms with van der Waals surface area (Å²) in [6.45, 7) is 0. The van der Waals surface area contributed by atoms with Crippen molar-refractivity contribution in [2.24, 2.45) is 0 Å². The summed E-state index contributed by atoms with van der Waals surface area (Å²) in [5.74, 6) is 0. The molecule has 19 heavy (non-hydrogen) atoms. The fourth-order valence-corrected chi connectivity index (χ4v) is 2.53. The highest BCUT2D eigenvalue weighted by Crippen LogP contribution is 2.34. The van der Waals surface area contributed by atoms with Crippen molar-refractivity contribution >= 4 is 29.1 Å². The molecule has 0 fully saturated rings. The van der Waals surface area contributed by atoms with Crippen molar-refractivity contribution in [1.29, 1.82) is 5.26 Å². The van der Waals surface area contributed by atoms with Gasteiger partial charge in [-0.15, -0.1) is 0 Å². The molecular weight excluding hydrogens is 284 g/mol. The van der Waals surface area contributed by atoms with Crippen molar-refractivity contribution in [1.82, 2.24) is 0 Å². The van der Waals surface area contributed by atoms with Gasteiger partial charge in [0.2, 0.25) is 0 Å². The van der Waals surface area contributed by atoms with E-state index in [0.29, 0.717) is 10.6 Å². The van der Waals surface area contributed by atoms with Crippen LogP contribution >= 0.6 is 23.4 Å². The normalized spacial score (nSPS) is 9.89. The highest BCUT2D eigenvalue weighted by Gasteiger charge is 2.07. The van der Waals surface area contributed by atoms with E-state index in [-0.39, 0.29) is 5.69 Å². The molecule has 0 saturated heterocycles. The fraction of sp³-hybridized carbons (Fsp3) is 0. The van der Waals surface area contributed by atoms with Crippen molar-refractivity contribution in [2.75, 3.05) is 0 Å². The first-order valence-corrected chi connectivity index (χ1v) is 6.41. The van der Waals surface area contributed by atoms with E-state index in [1.807, 2.05) is 6.07 Å². The number of halogens is 1. The Morgan fingerprint density at radius 3 is 2.42 bits per heavy atom. The number of rotatable bonds is 3. The summed E-state index contributed by atoms with van der Waals surface area (Å²) in [5, 5.41) is 19.8. The summed E-state index contributed by atoms with van der Waals surface area (Å²) in [5.41, 5.74) is 0.549. The van der Waals surface area contributed by atoms with Gasteiger partial charge in [-0.1, -0.05) is 23.4 Å². The van der Waals surface area contributed by atoms with Gasteiger partial charge in [0.25, 0.3) is 5.69 Å². The largest absolute Gasteiger partial charge is 0.269 e. The third-order valence-electron chi connectivity index (χ3n) is 2.34. The zero-order valence-corrected chi connectivity index (χ0v) is 11.1. The van der Waals surface area contributed by atoms with Crippen LogP contribution in [0.15, 0.2) is 52.3 Å². The Morgan fingerprint density at radius 1 is 1.21 bits per heavy atom. The van der Waals surface area contributed by atoms with Crippen LogP contribution in [-0.4, -0.2) is 4.92 Å². The van der Waals surface area contributed by atoms with Gasteiger partial charge in [-0.2, -0.15) is 5.26 Å². The van der Waals surface area contributed by atoms with Crippen molar-refractivity contribution in [3.8, 4) is 6.07 Å². The molecule has 0 spiro atoms. The standard InChI is InChI=1S/C13H7ClN2O2S/c14-12-7-9(8-15)1-6-13(12)19-11-4-2-10(3-5-11)16(17)18/h1-7H. The number of hydrogen-bond acceptors (Lipinski definition) is 4. The van der Waals surface area contributed by atoms with Crippen molar-refractivity contribution < 1.29 is 4.92 Å². The van der Waals surface area contributed by atoms with Gasteiger partial charge in [-0.05, 0) is 30.3 Å². The molecule has 0 aliphatic rings. The molecule has 0 bridgehead atoms. The van der Waals surface area contributed by atoms with Crippen molar-refractivity contribution in [3.05, 3.63) is 63.2 Å². The summed E-state index contributed by atoms with van der Waals surface area (Å²) in [4.78, 5) is 11.7. The minimum absolute atomic E-state index is 0.0512. The molecule has 0 saturated carbocycles. The van der Waals surface area contributed by atoms with Gasteiger partial charge in [0, 0.05) is 21.9 Å². The van der Waals surface area contributed by atoms with E-state index in [1.165, 1.54) is 23.9 Å². The molecule has 0 radical (unpaired) electrons. The lowest BCUT2D eigenvalue weighted by Gasteiger charge is -2.04. The predicted octanol–water partition coefficient (Wildman–Crippen LogP) is 4.27. The lowest BCUT2D eigenvalue weighted by molar-refractivity contribution is -0.384. The Hall–Kier alpha value is -2.03. The number of nitro benzene ring substituents is 1. The first-order valence-electron chi connectivity index (χ1n) is 5.22. The molecule has 0 N–H and O–H groups in total. The number of hydrogen-bond donors (Lipinski definition) is 0. The average molecular weight is 291 g/mol. The number of non-ortho nitro benzene ring substituents is 1. The molecule has 0 heterocycles. The minimum atomic E-state index is -0.441. The molecule has 0 aliphatic carbocycles. The Labute approximate surface area is 118 Å². The van der Waals surface area contributed by atoms with Crippen LogP contribution in [0.4, 0.5) is 5.69 Å². The molecule has 0 atom stereocenters. The zero-order chi connectivity index (χ0) is 13.8. The first kappa shape index (κ1) is 13.4. The average Bonchev–Trinajstić information content (AvgIpc) is 2.41. The third kappa shape index (κ3) is 3.25. The lowest BCUT2D eigenvalue weighted by Crippen LogP contribution is -1.86. The molecule has 4 nitrogen and oxygen atoms in total. The van der Waals surface area contributed by atoms with Gasteiger partial charge < -0.3 is 0 Å². The maximum absolute atomic E-state index is 10.5. The summed E-state index contributed by atoms with van der Waals surface area (Å²) < 4.78 is 0. The third-order valence-corrected chi connectivity index (χ3v) is 3.84. The van der Waals surface area contributed by atoms with E-state index >= 15 is 0 Å². The molecule has 6 heteroatoms. The summed E-state index contributed by atoms with van der Waals surface area (Å²) in [7, 11) is 0. The molecule has 2 aromatic rings. The molecule has 0 aliphatic heterocycles. The maximum Gasteiger partial charge on any atom is 0.269 e. The summed E-state index contributed by atoms with van der Waals surface area (Å²) >= 11 is 7.45. The molecule has 94 valence electrons. The lowest BCUT2D eigenvalue weighted by atomic mass is 10.2. The van der Waals surface area contributed by atoms with Gasteiger partial charge in [0.1, 0.15) is 0 Å². The molecule has 0 unspecified atom stereocenters. The Balaban J connectivity index is 2.22. The van der Waals surface area contributed by atoms with Crippen LogP contribution in [0.3, 0.4) is 0 Å². The van der Waals surface area contributed by atoms with Gasteiger partial charge >= 0.3 is 0 Å². The highest BCUT2D eigenvalue weighted by molar-refractivity contribution is 7.99. The Morgan fingerprint density at radius 2 is 1.89 bits per heavy atom. The second-order valence-corrected chi connectivity index (χ2v) is 5.13. The topological polar surface area (TPSA) is 66.9 Å². The van der Waals surface area contributed by atoms with Gasteiger partial charge in [0.05, 0.1) is 21.6 Å². The number of benzene rings is 2. The quantitative estimate of drug-likeness (QED) is 0.625. The van der Waals surface area contributed by atoms with Crippen molar-refractivity contribution in [3.63, 3.8) is 0 Å². The second kappa shape index (κ2) is 5.74. The number of nitriles is 1. The fourth-order valence-electron chi connectivity index (χ4n) is 1.42. The number of nitro groups is 1. The number of nitrogens with zero attached hydrogens (tertiary/aromatic N) is 2. The van der Waals surface area contributed by atoms with Gasteiger partial charge in [-0.3, -0.25) is 10.1 Å². The smallest absolute Gasteiger partial charge is 0.258 e. The molecule has 0 aromatic heterocycles. The van der Waals surface area contributed by atoms with E-state index < -0.39 is 4.92 Å². The Bertz CT molecular complexity index is 665. The molecular formula is C13H7ClN2O2S. The second-order valence-electron chi connectivity index (χ2n) is 3.61. The van der Waals surface area contributed by atoms with Crippen molar-refractivity contribution in [2.45, 2.75) is 9.79 Å². The van der Waals surface area contributed by atoms with Crippen LogP contribution in [0.1, 0.15) is 5.56 Å². The van der Waals surface area contributed by atoms with Gasteiger partial charge in [0.15, 0.2) is 0 Å². The van der Waals surface area contributed by atoms with Crippen LogP contribution < -0.4 is 0 Å². The predicted molar refractivity (Wildman–Crippen MR) is 73.4 cm³/mol. The van der Waals surface area contributed by atoms with Crippen LogP contribution in [0.2, 0.25) is 5.02 Å². The van der Waals surface area contributed by atoms with Crippen LogP contribution in [-0.2, 0) is 0 Å². The monoisotopic (exact) mass is 290 g/mol. The van der Waals surface area contributed by atoms with Crippen LogP contribution in [0.5, 0.6) is 0 Å². The van der Waals surface area contributed by atoms with Gasteiger partial charge in [-0.25, -0.2) is 0 Å². The van der Waals surface area contributed by atoms with E-state index in [0.717, 1.165) is 9.79 Å². The SMILES string of the molecule is N#Cc1ccc(Sc2ccc([N+](=O)[O-])cc2)c(Cl)c1. The zero-order valence-electron chi connectivity index (χ0n) is 9.54. The summed E-state index contributed by atoms with van der Waals surface area (Å²) in [6.07, 6.45) is 0. The van der Waals surface area contributed by atoms with E-state index in [1.54, 1.807) is 30.3 Å². The minimum Gasteiger partial charge on any atom is -0.258 e. The Kier molecular flexibility index (Phi) is 4.05. The van der Waals surface area contributed by atoms with E-state index in [9.17, 15) is 10.1 Å². The molecule has 2 rings (SSSR count). The maximum atomic E-state index is 10.5. The first-order chi connectivity index (χ1) is 9.10. The summed E-state index contributed by atoms with van der Waals surface area (Å²) in [6, 6.07) is 13.3. The molecule has 0 amide bonds. The van der Waals surface area contributed by atoms with Crippen LogP contribution in [0, 0.1) is 21.4 Å². The van der Waals surface area contributed by atoms with E-state index in [2.05, 4.69) is 0 Å². The molecule has 2 aromatic carbocycles. The van der Waals surface area contributed by atoms with E-state index in [4.69, 9.17) is 16.9 Å². The highest BCUT2D eigenvalue weighted by atomic mass is 35.5. The van der Waals surface area contributed by atoms with Crippen LogP contribution in [0.25, 0.3) is 0 Å².